The number of aromatic amines is 1. The first kappa shape index (κ1) is 29.9. The average molecular weight is 523 g/mol. The molecule has 13 nitrogen and oxygen atoms in total. The molecule has 2 fully saturated rings. The topological polar surface area (TPSA) is 173 Å². The van der Waals surface area contributed by atoms with Gasteiger partial charge in [0, 0.05) is 19.2 Å². The molecular formula is C24H38N6O7. The van der Waals surface area contributed by atoms with Crippen LogP contribution >= 0.6 is 0 Å². The molecule has 3 N–H and O–H groups in total. The highest BCUT2D eigenvalue weighted by Gasteiger charge is 2.35. The standard InChI is InChI=1S/C12H20N4O3.C12H18N2O4/c1-12(2,3)19-11(17)16-4-5-18-7-9(16)8-6-10(13)15-14-8;1-12(2,3)18-11(16)14-6-7-17-8-9(14)10(15)4-5-13/h6,9H,4-5,7H2,1-3H3,(H3,13,14,15);9H,4,6-8H2,1-3H3/t2*9-/m00/s1. The Kier molecular flexibility index (Phi) is 10.3. The van der Waals surface area contributed by atoms with Crippen molar-refractivity contribution in [1.82, 2.24) is 20.0 Å². The van der Waals surface area contributed by atoms with Crippen molar-refractivity contribution >= 4 is 23.8 Å². The highest BCUT2D eigenvalue weighted by molar-refractivity contribution is 5.89. The van der Waals surface area contributed by atoms with Crippen LogP contribution in [0.3, 0.4) is 0 Å². The number of nitrogens with two attached hydrogens (primary N) is 1. The molecule has 0 unspecified atom stereocenters. The van der Waals surface area contributed by atoms with Gasteiger partial charge in [-0.3, -0.25) is 19.7 Å². The normalized spacial score (nSPS) is 20.2. The van der Waals surface area contributed by atoms with E-state index in [0.717, 1.165) is 5.69 Å². The first-order valence-corrected chi connectivity index (χ1v) is 12.1. The number of amides is 2. The number of rotatable bonds is 3. The van der Waals surface area contributed by atoms with E-state index in [0.29, 0.717) is 38.7 Å². The van der Waals surface area contributed by atoms with Crippen molar-refractivity contribution in [3.8, 4) is 6.07 Å². The molecule has 0 aliphatic carbocycles. The van der Waals surface area contributed by atoms with Crippen molar-refractivity contribution in [3.63, 3.8) is 0 Å². The molecule has 37 heavy (non-hydrogen) atoms. The number of nitrogen functional groups attached to an aromatic ring is 1. The number of nitriles is 1. The van der Waals surface area contributed by atoms with Gasteiger partial charge in [0.05, 0.1) is 44.6 Å². The molecule has 2 amide bonds. The minimum atomic E-state index is -0.715. The Balaban J connectivity index is 0.000000261. The maximum atomic E-state index is 12.2. The summed E-state index contributed by atoms with van der Waals surface area (Å²) in [6, 6.07) is 2.54. The van der Waals surface area contributed by atoms with Crippen LogP contribution in [0.2, 0.25) is 0 Å². The molecule has 2 saturated heterocycles. The molecule has 1 aromatic rings. The molecule has 2 aliphatic heterocycles. The van der Waals surface area contributed by atoms with Gasteiger partial charge in [-0.2, -0.15) is 10.4 Å². The van der Waals surface area contributed by atoms with Gasteiger partial charge in [0.1, 0.15) is 29.1 Å². The third-order valence-electron chi connectivity index (χ3n) is 5.11. The van der Waals surface area contributed by atoms with Crippen LogP contribution in [0.15, 0.2) is 6.07 Å². The van der Waals surface area contributed by atoms with Crippen molar-refractivity contribution in [2.45, 2.75) is 71.2 Å². The van der Waals surface area contributed by atoms with E-state index < -0.39 is 23.3 Å². The predicted molar refractivity (Wildman–Crippen MR) is 132 cm³/mol. The Labute approximate surface area is 217 Å². The molecule has 3 rings (SSSR count). The van der Waals surface area contributed by atoms with Gasteiger partial charge in [-0.15, -0.1) is 0 Å². The van der Waals surface area contributed by atoms with Gasteiger partial charge >= 0.3 is 12.2 Å². The molecule has 206 valence electrons. The molecule has 0 spiro atoms. The Morgan fingerprint density at radius 3 is 2.11 bits per heavy atom. The summed E-state index contributed by atoms with van der Waals surface area (Å²) in [5.74, 6) is 0.0766. The highest BCUT2D eigenvalue weighted by Crippen LogP contribution is 2.25. The number of H-pyrrole nitrogens is 1. The van der Waals surface area contributed by atoms with Crippen molar-refractivity contribution in [2.75, 3.05) is 45.3 Å². The molecular weight excluding hydrogens is 484 g/mol. The Morgan fingerprint density at radius 1 is 1.05 bits per heavy atom. The molecule has 2 atom stereocenters. The van der Waals surface area contributed by atoms with Crippen molar-refractivity contribution in [2.24, 2.45) is 0 Å². The van der Waals surface area contributed by atoms with Crippen LogP contribution in [-0.2, 0) is 23.7 Å². The summed E-state index contributed by atoms with van der Waals surface area (Å²) in [5.41, 5.74) is 5.21. The lowest BCUT2D eigenvalue weighted by Crippen LogP contribution is -2.53. The van der Waals surface area contributed by atoms with E-state index >= 15 is 0 Å². The summed E-state index contributed by atoms with van der Waals surface area (Å²) in [6.45, 7) is 13.0. The fourth-order valence-corrected chi connectivity index (χ4v) is 3.53. The van der Waals surface area contributed by atoms with Gasteiger partial charge in [0.25, 0.3) is 0 Å². The van der Waals surface area contributed by atoms with Crippen LogP contribution in [0.4, 0.5) is 15.4 Å². The Morgan fingerprint density at radius 2 is 1.59 bits per heavy atom. The summed E-state index contributed by atoms with van der Waals surface area (Å²) >= 11 is 0. The molecule has 0 bridgehead atoms. The van der Waals surface area contributed by atoms with E-state index in [-0.39, 0.29) is 30.9 Å². The van der Waals surface area contributed by atoms with Gasteiger partial charge in [-0.05, 0) is 41.5 Å². The number of ketones is 1. The molecule has 0 saturated carbocycles. The maximum absolute atomic E-state index is 12.2. The van der Waals surface area contributed by atoms with E-state index in [2.05, 4.69) is 10.2 Å². The molecule has 13 heteroatoms. The van der Waals surface area contributed by atoms with E-state index in [9.17, 15) is 14.4 Å². The first-order chi connectivity index (χ1) is 17.2. The average Bonchev–Trinajstić information content (AvgIpc) is 3.23. The number of hydrogen-bond donors (Lipinski definition) is 2. The molecule has 1 aromatic heterocycles. The monoisotopic (exact) mass is 522 g/mol. The van der Waals surface area contributed by atoms with E-state index in [1.54, 1.807) is 37.8 Å². The summed E-state index contributed by atoms with van der Waals surface area (Å²) in [5, 5.41) is 15.2. The fourth-order valence-electron chi connectivity index (χ4n) is 3.53. The largest absolute Gasteiger partial charge is 0.444 e. The lowest BCUT2D eigenvalue weighted by molar-refractivity contribution is -0.129. The fraction of sp³-hybridized carbons (Fsp3) is 0.708. The second-order valence-corrected chi connectivity index (χ2v) is 10.6. The lowest BCUT2D eigenvalue weighted by atomic mass is 10.1. The zero-order chi connectivity index (χ0) is 27.8. The molecule has 0 aromatic carbocycles. The van der Waals surface area contributed by atoms with Gasteiger partial charge < -0.3 is 24.7 Å². The maximum Gasteiger partial charge on any atom is 0.411 e. The van der Waals surface area contributed by atoms with Gasteiger partial charge in [-0.1, -0.05) is 0 Å². The summed E-state index contributed by atoms with van der Waals surface area (Å²) in [4.78, 5) is 38.8. The quantitative estimate of drug-likeness (QED) is 0.600. The Bertz CT molecular complexity index is 975. The van der Waals surface area contributed by atoms with Crippen LogP contribution in [-0.4, -0.2) is 94.7 Å². The zero-order valence-corrected chi connectivity index (χ0v) is 22.4. The number of ether oxygens (including phenoxy) is 4. The van der Waals surface area contributed by atoms with Crippen molar-refractivity contribution in [1.29, 1.82) is 5.26 Å². The third-order valence-corrected chi connectivity index (χ3v) is 5.11. The van der Waals surface area contributed by atoms with E-state index in [4.69, 9.17) is 29.9 Å². The third kappa shape index (κ3) is 9.55. The molecule has 0 radical (unpaired) electrons. The van der Waals surface area contributed by atoms with Gasteiger partial charge in [0.2, 0.25) is 0 Å². The van der Waals surface area contributed by atoms with Crippen molar-refractivity contribution < 1.29 is 33.3 Å². The van der Waals surface area contributed by atoms with E-state index in [1.165, 1.54) is 4.90 Å². The second-order valence-electron chi connectivity index (χ2n) is 10.6. The summed E-state index contributed by atoms with van der Waals surface area (Å²) in [6.07, 6.45) is -1.12. The summed E-state index contributed by atoms with van der Waals surface area (Å²) in [7, 11) is 0. The number of hydrogen-bond acceptors (Lipinski definition) is 10. The molecule has 2 aliphatic rings. The van der Waals surface area contributed by atoms with Gasteiger partial charge in [0.15, 0.2) is 5.78 Å². The number of morpholine rings is 2. The number of nitrogens with zero attached hydrogens (tertiary/aromatic N) is 4. The van der Waals surface area contributed by atoms with Crippen molar-refractivity contribution in [3.05, 3.63) is 11.8 Å². The zero-order valence-electron chi connectivity index (χ0n) is 22.4. The SMILES string of the molecule is CC(C)(C)OC(=O)N1CCOC[C@H]1C(=O)CC#N.CC(C)(C)OC(=O)N1CCOC[C@H]1c1cc(N)n[nH]1. The number of carbonyl (C=O) groups is 3. The van der Waals surface area contributed by atoms with Crippen LogP contribution in [0.25, 0.3) is 0 Å². The van der Waals surface area contributed by atoms with Gasteiger partial charge in [-0.25, -0.2) is 9.59 Å². The van der Waals surface area contributed by atoms with Crippen LogP contribution in [0.1, 0.15) is 59.7 Å². The number of Topliss-reactive ketones (excluding diaryl/α,β-unsaturated/α-hetero) is 1. The number of aromatic nitrogens is 2. The van der Waals surface area contributed by atoms with E-state index in [1.807, 2.05) is 20.8 Å². The summed E-state index contributed by atoms with van der Waals surface area (Å²) < 4.78 is 21.2. The predicted octanol–water partition coefficient (Wildman–Crippen LogP) is 2.41. The first-order valence-electron chi connectivity index (χ1n) is 12.1. The van der Waals surface area contributed by atoms with Crippen LogP contribution in [0, 0.1) is 11.3 Å². The minimum absolute atomic E-state index is 0.125. The van der Waals surface area contributed by atoms with Crippen LogP contribution < -0.4 is 5.73 Å². The molecule has 3 heterocycles. The number of anilines is 1. The highest BCUT2D eigenvalue weighted by atomic mass is 16.6. The lowest BCUT2D eigenvalue weighted by Gasteiger charge is -2.35. The number of nitrogens with one attached hydrogen (secondary N) is 1. The van der Waals surface area contributed by atoms with Crippen LogP contribution in [0.5, 0.6) is 0 Å². The smallest absolute Gasteiger partial charge is 0.411 e. The second kappa shape index (κ2) is 12.7. The number of carbonyl (C=O) groups excluding carboxylic acids is 3. The minimum Gasteiger partial charge on any atom is -0.444 e. The Hall–Kier alpha value is -3.37.